The lowest BCUT2D eigenvalue weighted by Crippen LogP contribution is -2.38. The van der Waals surface area contributed by atoms with Crippen molar-refractivity contribution in [2.45, 2.75) is 19.4 Å². The van der Waals surface area contributed by atoms with Crippen molar-refractivity contribution in [3.05, 3.63) is 74.0 Å². The molecule has 0 aromatic carbocycles. The molecule has 0 amide bonds. The predicted molar refractivity (Wildman–Crippen MR) is 74.2 cm³/mol. The van der Waals surface area contributed by atoms with Gasteiger partial charge in [0.1, 0.15) is 0 Å². The Kier molecular flexibility index (Phi) is 5.94. The molecule has 1 N–H and O–H groups in total. The van der Waals surface area contributed by atoms with Gasteiger partial charge in [-0.1, -0.05) is 56.7 Å². The first-order valence-electron chi connectivity index (χ1n) is 5.18. The van der Waals surface area contributed by atoms with Crippen LogP contribution in [-0.2, 0) is 0 Å². The first-order chi connectivity index (χ1) is 7.44. The Morgan fingerprint density at radius 3 is 2.00 bits per heavy atom. The van der Waals surface area contributed by atoms with E-state index in [0.717, 1.165) is 11.3 Å². The largest absolute Gasteiger partial charge is 0.377 e. The monoisotopic (exact) mass is 215 g/mol. The second-order valence-corrected chi connectivity index (χ2v) is 3.99. The first-order valence-corrected chi connectivity index (χ1v) is 5.18. The Balaban J connectivity index is 4.55. The van der Waals surface area contributed by atoms with E-state index in [1.54, 1.807) is 12.2 Å². The van der Waals surface area contributed by atoms with E-state index in [2.05, 4.69) is 45.5 Å². The molecule has 0 aliphatic rings. The third-order valence-electron chi connectivity index (χ3n) is 2.14. The summed E-state index contributed by atoms with van der Waals surface area (Å²) in [5.41, 5.74) is 1.57. The van der Waals surface area contributed by atoms with Crippen LogP contribution in [0.2, 0.25) is 0 Å². The molecule has 1 heteroatoms. The zero-order chi connectivity index (χ0) is 12.6. The molecule has 0 bridgehead atoms. The van der Waals surface area contributed by atoms with Gasteiger partial charge in [-0.15, -0.1) is 0 Å². The van der Waals surface area contributed by atoms with Gasteiger partial charge < -0.3 is 5.32 Å². The molecule has 0 radical (unpaired) electrons. The van der Waals surface area contributed by atoms with Crippen molar-refractivity contribution < 1.29 is 0 Å². The Hall–Kier alpha value is -1.76. The molecule has 0 aromatic heterocycles. The minimum absolute atomic E-state index is 0.234. The van der Waals surface area contributed by atoms with Gasteiger partial charge in [0.2, 0.25) is 0 Å². The van der Waals surface area contributed by atoms with Crippen LogP contribution in [0.1, 0.15) is 13.8 Å². The molecule has 0 spiro atoms. The number of hydrogen-bond donors (Lipinski definition) is 1. The quantitative estimate of drug-likeness (QED) is 0.635. The van der Waals surface area contributed by atoms with Crippen LogP contribution < -0.4 is 5.32 Å². The van der Waals surface area contributed by atoms with Gasteiger partial charge in [0, 0.05) is 5.70 Å². The molecule has 0 heterocycles. The third kappa shape index (κ3) is 5.20. The lowest BCUT2D eigenvalue weighted by molar-refractivity contribution is 0.520. The van der Waals surface area contributed by atoms with Gasteiger partial charge in [0.05, 0.1) is 5.54 Å². The van der Waals surface area contributed by atoms with Crippen molar-refractivity contribution >= 4 is 0 Å². The maximum absolute atomic E-state index is 4.01. The van der Waals surface area contributed by atoms with Crippen LogP contribution >= 0.6 is 0 Å². The van der Waals surface area contributed by atoms with Gasteiger partial charge >= 0.3 is 0 Å². The fraction of sp³-hybridized carbons (Fsp3) is 0.200. The van der Waals surface area contributed by atoms with Crippen molar-refractivity contribution in [3.8, 4) is 0 Å². The van der Waals surface area contributed by atoms with Crippen LogP contribution in [0.25, 0.3) is 0 Å². The van der Waals surface area contributed by atoms with Gasteiger partial charge in [-0.2, -0.15) is 0 Å². The van der Waals surface area contributed by atoms with Gasteiger partial charge in [0.25, 0.3) is 0 Å². The van der Waals surface area contributed by atoms with Crippen LogP contribution in [0.15, 0.2) is 74.0 Å². The SMILES string of the molecule is C=C/C=C\C(=C)NC(C)(C)C(=C)/C=C\C=C. The lowest BCUT2D eigenvalue weighted by Gasteiger charge is -2.28. The van der Waals surface area contributed by atoms with Gasteiger partial charge in [-0.3, -0.25) is 0 Å². The second kappa shape index (κ2) is 6.67. The number of nitrogens with one attached hydrogen (secondary N) is 1. The minimum atomic E-state index is -0.234. The maximum atomic E-state index is 4.01. The van der Waals surface area contributed by atoms with E-state index in [4.69, 9.17) is 0 Å². The highest BCUT2D eigenvalue weighted by Crippen LogP contribution is 2.17. The molecule has 0 fully saturated rings. The van der Waals surface area contributed by atoms with Crippen molar-refractivity contribution in [2.24, 2.45) is 0 Å². The Labute approximate surface area is 99.3 Å². The fourth-order valence-corrected chi connectivity index (χ4v) is 1.10. The molecule has 86 valence electrons. The van der Waals surface area contributed by atoms with E-state index in [1.165, 1.54) is 0 Å². The summed E-state index contributed by atoms with van der Waals surface area (Å²) in [5, 5.41) is 3.29. The molecule has 0 unspecified atom stereocenters. The van der Waals surface area contributed by atoms with Crippen molar-refractivity contribution in [2.75, 3.05) is 0 Å². The van der Waals surface area contributed by atoms with Crippen LogP contribution in [0.5, 0.6) is 0 Å². The molecule has 0 aromatic rings. The molecule has 0 saturated carbocycles. The maximum Gasteiger partial charge on any atom is 0.0563 e. The van der Waals surface area contributed by atoms with Crippen LogP contribution in [0.3, 0.4) is 0 Å². The molecule has 16 heavy (non-hydrogen) atoms. The van der Waals surface area contributed by atoms with Gasteiger partial charge in [-0.05, 0) is 25.5 Å². The van der Waals surface area contributed by atoms with Crippen LogP contribution in [0.4, 0.5) is 0 Å². The van der Waals surface area contributed by atoms with Crippen LogP contribution in [0, 0.1) is 0 Å². The predicted octanol–water partition coefficient (Wildman–Crippen LogP) is 3.91. The smallest absolute Gasteiger partial charge is 0.0563 e. The highest BCUT2D eigenvalue weighted by molar-refractivity contribution is 5.31. The summed E-state index contributed by atoms with van der Waals surface area (Å²) in [6, 6.07) is 0. The normalized spacial score (nSPS) is 11.6. The van der Waals surface area contributed by atoms with Crippen molar-refractivity contribution in [1.82, 2.24) is 5.32 Å². The Bertz CT molecular complexity index is 340. The van der Waals surface area contributed by atoms with Crippen molar-refractivity contribution in [1.29, 1.82) is 0 Å². The third-order valence-corrected chi connectivity index (χ3v) is 2.14. The van der Waals surface area contributed by atoms with E-state index in [9.17, 15) is 0 Å². The summed E-state index contributed by atoms with van der Waals surface area (Å²) in [5.74, 6) is 0. The number of rotatable bonds is 7. The van der Waals surface area contributed by atoms with E-state index >= 15 is 0 Å². The lowest BCUT2D eigenvalue weighted by atomic mass is 9.94. The average Bonchev–Trinajstić information content (AvgIpc) is 2.22. The summed E-state index contributed by atoms with van der Waals surface area (Å²) in [7, 11) is 0. The molecule has 0 aliphatic carbocycles. The molecule has 0 aliphatic heterocycles. The van der Waals surface area contributed by atoms with E-state index < -0.39 is 0 Å². The minimum Gasteiger partial charge on any atom is -0.377 e. The van der Waals surface area contributed by atoms with Crippen LogP contribution in [-0.4, -0.2) is 5.54 Å². The molecular formula is C15H21N. The van der Waals surface area contributed by atoms with Gasteiger partial charge in [0.15, 0.2) is 0 Å². The fourth-order valence-electron chi connectivity index (χ4n) is 1.10. The summed E-state index contributed by atoms with van der Waals surface area (Å²) in [6.07, 6.45) is 11.0. The highest BCUT2D eigenvalue weighted by atomic mass is 15.0. The molecule has 0 rings (SSSR count). The first kappa shape index (κ1) is 14.2. The van der Waals surface area contributed by atoms with Crippen molar-refractivity contribution in [3.63, 3.8) is 0 Å². The van der Waals surface area contributed by atoms with E-state index in [1.807, 2.05) is 24.3 Å². The Morgan fingerprint density at radius 2 is 1.50 bits per heavy atom. The van der Waals surface area contributed by atoms with Gasteiger partial charge in [-0.25, -0.2) is 0 Å². The average molecular weight is 215 g/mol. The topological polar surface area (TPSA) is 12.0 Å². The zero-order valence-electron chi connectivity index (χ0n) is 10.3. The van der Waals surface area contributed by atoms with E-state index in [0.29, 0.717) is 0 Å². The molecular weight excluding hydrogens is 194 g/mol. The standard InChI is InChI=1S/C15H21N/c1-7-9-11-13(3)15(5,6)16-14(4)12-10-8-2/h7-12,16H,1-4H2,5-6H3/b11-9-,12-10-. The number of hydrogen-bond acceptors (Lipinski definition) is 1. The Morgan fingerprint density at radius 1 is 1.00 bits per heavy atom. The van der Waals surface area contributed by atoms with E-state index in [-0.39, 0.29) is 5.54 Å². The summed E-state index contributed by atoms with van der Waals surface area (Å²) in [6.45, 7) is 19.3. The number of allylic oxidation sites excluding steroid dienone is 5. The molecule has 0 saturated heterocycles. The summed E-state index contributed by atoms with van der Waals surface area (Å²) < 4.78 is 0. The molecule has 0 atom stereocenters. The zero-order valence-corrected chi connectivity index (χ0v) is 10.3. The molecule has 1 nitrogen and oxygen atoms in total. The second-order valence-electron chi connectivity index (χ2n) is 3.99. The summed E-state index contributed by atoms with van der Waals surface area (Å²) in [4.78, 5) is 0. The highest BCUT2D eigenvalue weighted by Gasteiger charge is 2.18. The summed E-state index contributed by atoms with van der Waals surface area (Å²) >= 11 is 0.